The van der Waals surface area contributed by atoms with Crippen LogP contribution in [0, 0.1) is 16.7 Å². The van der Waals surface area contributed by atoms with Crippen LogP contribution in [0.15, 0.2) is 58.1 Å². The minimum Gasteiger partial charge on any atom is -0.293 e. The van der Waals surface area contributed by atoms with Gasteiger partial charge in [0.05, 0.1) is 10.2 Å². The molecule has 0 bridgehead atoms. The van der Waals surface area contributed by atoms with Crippen LogP contribution in [0.1, 0.15) is 26.3 Å². The van der Waals surface area contributed by atoms with Crippen LogP contribution >= 0.6 is 27.3 Å². The number of thiazole rings is 1. The van der Waals surface area contributed by atoms with E-state index in [-0.39, 0.29) is 16.9 Å². The topological polar surface area (TPSA) is 75.8 Å². The van der Waals surface area contributed by atoms with E-state index in [1.807, 2.05) is 12.1 Å². The zero-order valence-electron chi connectivity index (χ0n) is 16.1. The zero-order valence-corrected chi connectivity index (χ0v) is 18.5. The molecule has 0 fully saturated rings. The van der Waals surface area contributed by atoms with Gasteiger partial charge in [-0.1, -0.05) is 42.8 Å². The lowest BCUT2D eigenvalue weighted by molar-refractivity contribution is -0.120. The van der Waals surface area contributed by atoms with E-state index in [2.05, 4.69) is 20.9 Å². The molecule has 0 atom stereocenters. The third kappa shape index (κ3) is 4.44. The standard InChI is InChI=1S/C22H18BrN3O2S/c1-22(2,3)19(27)17(13-24)21-26(16-6-4-5-15(23)12-16)20(28)18(29-21)11-14-7-9-25-10-8-14/h4-12H,1-3H3. The number of carbonyl (C=O) groups excluding carboxylic acids is 1. The van der Waals surface area contributed by atoms with Gasteiger partial charge < -0.3 is 0 Å². The van der Waals surface area contributed by atoms with Crippen molar-refractivity contribution in [2.75, 3.05) is 0 Å². The van der Waals surface area contributed by atoms with Crippen molar-refractivity contribution < 1.29 is 4.79 Å². The van der Waals surface area contributed by atoms with E-state index in [4.69, 9.17) is 0 Å². The number of rotatable bonds is 3. The molecule has 2 aromatic heterocycles. The fourth-order valence-electron chi connectivity index (χ4n) is 2.68. The van der Waals surface area contributed by atoms with Crippen LogP contribution < -0.4 is 14.8 Å². The number of halogens is 1. The van der Waals surface area contributed by atoms with E-state index in [0.29, 0.717) is 14.9 Å². The molecule has 29 heavy (non-hydrogen) atoms. The van der Waals surface area contributed by atoms with Crippen LogP contribution in [0.5, 0.6) is 0 Å². The summed E-state index contributed by atoms with van der Waals surface area (Å²) in [6.07, 6.45) is 5.02. The highest BCUT2D eigenvalue weighted by atomic mass is 79.9. The summed E-state index contributed by atoms with van der Waals surface area (Å²) < 4.78 is 2.99. The van der Waals surface area contributed by atoms with Gasteiger partial charge in [-0.3, -0.25) is 19.1 Å². The van der Waals surface area contributed by atoms with Crippen LogP contribution in [0.2, 0.25) is 0 Å². The lowest BCUT2D eigenvalue weighted by Gasteiger charge is -2.15. The van der Waals surface area contributed by atoms with Crippen LogP contribution in [0.3, 0.4) is 0 Å². The molecule has 0 saturated heterocycles. The number of ketones is 1. The number of pyridine rings is 1. The van der Waals surface area contributed by atoms with Crippen molar-refractivity contribution >= 4 is 44.7 Å². The number of hydrogen-bond acceptors (Lipinski definition) is 5. The lowest BCUT2D eigenvalue weighted by atomic mass is 9.87. The number of nitrogens with zero attached hydrogens (tertiary/aromatic N) is 3. The van der Waals surface area contributed by atoms with Crippen LogP contribution in [0.25, 0.3) is 17.3 Å². The fourth-order valence-corrected chi connectivity index (χ4v) is 4.17. The van der Waals surface area contributed by atoms with Crippen molar-refractivity contribution in [3.8, 4) is 11.8 Å². The first-order chi connectivity index (χ1) is 13.7. The Morgan fingerprint density at radius 1 is 1.24 bits per heavy atom. The van der Waals surface area contributed by atoms with Crippen molar-refractivity contribution in [2.24, 2.45) is 5.41 Å². The van der Waals surface area contributed by atoms with Crippen LogP contribution in [0.4, 0.5) is 0 Å². The molecule has 3 rings (SSSR count). The van der Waals surface area contributed by atoms with Gasteiger partial charge in [0.1, 0.15) is 16.3 Å². The Morgan fingerprint density at radius 2 is 1.93 bits per heavy atom. The molecule has 5 nitrogen and oxygen atoms in total. The Hall–Kier alpha value is -2.82. The second-order valence-electron chi connectivity index (χ2n) is 7.38. The minimum atomic E-state index is -0.748. The molecular formula is C22H18BrN3O2S. The first-order valence-corrected chi connectivity index (χ1v) is 10.4. The fraction of sp³-hybridized carbons (Fsp3) is 0.182. The molecule has 0 N–H and O–H groups in total. The first kappa shape index (κ1) is 20.9. The van der Waals surface area contributed by atoms with Gasteiger partial charge in [-0.25, -0.2) is 0 Å². The van der Waals surface area contributed by atoms with E-state index in [9.17, 15) is 14.9 Å². The van der Waals surface area contributed by atoms with Crippen LogP contribution in [-0.2, 0) is 4.79 Å². The highest BCUT2D eigenvalue weighted by Crippen LogP contribution is 2.20. The first-order valence-electron chi connectivity index (χ1n) is 8.81. The van der Waals surface area contributed by atoms with Crippen molar-refractivity contribution in [2.45, 2.75) is 20.8 Å². The molecule has 0 aliphatic carbocycles. The Morgan fingerprint density at radius 3 is 2.52 bits per heavy atom. The predicted molar refractivity (Wildman–Crippen MR) is 118 cm³/mol. The zero-order chi connectivity index (χ0) is 21.2. The van der Waals surface area contributed by atoms with Crippen molar-refractivity contribution in [1.29, 1.82) is 5.26 Å². The molecule has 0 amide bonds. The average Bonchev–Trinajstić information content (AvgIpc) is 2.98. The van der Waals surface area contributed by atoms with Gasteiger partial charge >= 0.3 is 0 Å². The number of benzene rings is 1. The molecule has 3 aromatic rings. The van der Waals surface area contributed by atoms with E-state index >= 15 is 0 Å². The minimum absolute atomic E-state index is 0.0195. The number of aromatic nitrogens is 2. The third-order valence-corrected chi connectivity index (χ3v) is 5.71. The molecule has 0 aliphatic rings. The van der Waals surface area contributed by atoms with Gasteiger partial charge in [-0.2, -0.15) is 5.26 Å². The lowest BCUT2D eigenvalue weighted by Crippen LogP contribution is -2.33. The molecule has 1 aromatic carbocycles. The summed E-state index contributed by atoms with van der Waals surface area (Å²) in [6, 6.07) is 12.8. The Labute approximate surface area is 180 Å². The predicted octanol–water partition coefficient (Wildman–Crippen LogP) is 3.17. The van der Waals surface area contributed by atoms with Gasteiger partial charge in [-0.15, -0.1) is 11.3 Å². The molecule has 0 radical (unpaired) electrons. The normalized spacial score (nSPS) is 13.1. The smallest absolute Gasteiger partial charge is 0.273 e. The molecule has 0 aliphatic heterocycles. The van der Waals surface area contributed by atoms with Gasteiger partial charge in [0.15, 0.2) is 5.78 Å². The van der Waals surface area contributed by atoms with Crippen LogP contribution in [-0.4, -0.2) is 15.3 Å². The van der Waals surface area contributed by atoms with Crippen molar-refractivity contribution in [3.63, 3.8) is 0 Å². The van der Waals surface area contributed by atoms with Gasteiger partial charge in [-0.05, 0) is 42.0 Å². The molecule has 0 unspecified atom stereocenters. The Bertz CT molecular complexity index is 1290. The highest BCUT2D eigenvalue weighted by Gasteiger charge is 2.27. The van der Waals surface area contributed by atoms with Gasteiger partial charge in [0.2, 0.25) is 0 Å². The monoisotopic (exact) mass is 467 g/mol. The molecule has 0 spiro atoms. The largest absolute Gasteiger partial charge is 0.293 e. The summed E-state index contributed by atoms with van der Waals surface area (Å²) in [5, 5.41) is 9.78. The summed E-state index contributed by atoms with van der Waals surface area (Å²) >= 11 is 4.56. The van der Waals surface area contributed by atoms with Gasteiger partial charge in [0.25, 0.3) is 5.56 Å². The second kappa shape index (κ2) is 8.27. The maximum atomic E-state index is 13.3. The summed E-state index contributed by atoms with van der Waals surface area (Å²) in [4.78, 5) is 30.2. The SMILES string of the molecule is CC(C)(C)C(=O)C(C#N)=c1sc(=Cc2ccncc2)c(=O)n1-c1cccc(Br)c1. The number of carbonyl (C=O) groups is 1. The summed E-state index contributed by atoms with van der Waals surface area (Å²) in [6.45, 7) is 5.27. The molecule has 2 heterocycles. The third-order valence-electron chi connectivity index (χ3n) is 4.13. The summed E-state index contributed by atoms with van der Waals surface area (Å²) in [5.41, 5.74) is 0.345. The molecule has 7 heteroatoms. The van der Waals surface area contributed by atoms with Crippen molar-refractivity contribution in [3.05, 3.63) is 78.4 Å². The highest BCUT2D eigenvalue weighted by molar-refractivity contribution is 9.10. The Kier molecular flexibility index (Phi) is 5.96. The second-order valence-corrected chi connectivity index (χ2v) is 9.33. The molecule has 146 valence electrons. The van der Waals surface area contributed by atoms with E-state index in [0.717, 1.165) is 21.4 Å². The maximum absolute atomic E-state index is 13.3. The van der Waals surface area contributed by atoms with E-state index in [1.54, 1.807) is 69.6 Å². The average molecular weight is 468 g/mol. The Balaban J connectivity index is 2.45. The maximum Gasteiger partial charge on any atom is 0.273 e. The summed E-state index contributed by atoms with van der Waals surface area (Å²) in [7, 11) is 0. The molecular weight excluding hydrogens is 450 g/mol. The van der Waals surface area contributed by atoms with E-state index < -0.39 is 5.41 Å². The van der Waals surface area contributed by atoms with Crippen molar-refractivity contribution in [1.82, 2.24) is 9.55 Å². The quantitative estimate of drug-likeness (QED) is 0.592. The molecule has 0 saturated carbocycles. The van der Waals surface area contributed by atoms with E-state index in [1.165, 1.54) is 4.57 Å². The summed E-state index contributed by atoms with van der Waals surface area (Å²) in [5.74, 6) is -0.305. The number of hydrogen-bond donors (Lipinski definition) is 0. The number of nitriles is 1. The van der Waals surface area contributed by atoms with Gasteiger partial charge in [0, 0.05) is 22.3 Å². The number of Topliss-reactive ketones (excluding diaryl/α,β-unsaturated/α-hetero) is 1.